The minimum absolute atomic E-state index is 0.344. The van der Waals surface area contributed by atoms with Crippen LogP contribution in [0.25, 0.3) is 0 Å². The summed E-state index contributed by atoms with van der Waals surface area (Å²) in [7, 11) is -0.126. The zero-order valence-corrected chi connectivity index (χ0v) is 16.2. The Hall–Kier alpha value is -0.170. The molecule has 0 spiro atoms. The highest BCUT2D eigenvalue weighted by atomic mass is 32.2. The summed E-state index contributed by atoms with van der Waals surface area (Å²) in [6.07, 6.45) is 11.9. The van der Waals surface area contributed by atoms with Crippen LogP contribution in [0.2, 0.25) is 0 Å². The molecular weight excluding hydrogens is 314 g/mol. The van der Waals surface area contributed by atoms with E-state index in [0.717, 1.165) is 13.0 Å². The lowest BCUT2D eigenvalue weighted by Crippen LogP contribution is -2.47. The SMILES string of the molecule is CCCCCCCCCCCC[N+](C)(C)CC(O)CS(=O)(=O)O. The largest absolute Gasteiger partial charge is 0.386 e. The summed E-state index contributed by atoms with van der Waals surface area (Å²) in [5, 5.41) is 9.73. The summed E-state index contributed by atoms with van der Waals surface area (Å²) in [5.41, 5.74) is 0. The molecule has 2 N–H and O–H groups in total. The maximum atomic E-state index is 10.8. The molecule has 0 aliphatic rings. The molecule has 6 heteroatoms. The quantitative estimate of drug-likeness (QED) is 0.269. The number of aliphatic hydroxyl groups excluding tert-OH is 1. The normalized spacial score (nSPS) is 14.1. The van der Waals surface area contributed by atoms with Gasteiger partial charge in [-0.05, 0) is 12.8 Å². The molecule has 1 unspecified atom stereocenters. The first kappa shape index (κ1) is 22.8. The molecule has 23 heavy (non-hydrogen) atoms. The number of unbranched alkanes of at least 4 members (excludes halogenated alkanes) is 9. The Labute approximate surface area is 143 Å². The summed E-state index contributed by atoms with van der Waals surface area (Å²) in [6, 6.07) is 0. The molecule has 0 heterocycles. The van der Waals surface area contributed by atoms with Gasteiger partial charge < -0.3 is 9.59 Å². The van der Waals surface area contributed by atoms with Gasteiger partial charge in [-0.1, -0.05) is 58.3 Å². The number of quaternary nitrogens is 1. The molecule has 0 saturated heterocycles. The molecule has 5 nitrogen and oxygen atoms in total. The fourth-order valence-electron chi connectivity index (χ4n) is 2.98. The van der Waals surface area contributed by atoms with E-state index in [1.54, 1.807) is 0 Å². The van der Waals surface area contributed by atoms with E-state index < -0.39 is 22.0 Å². The van der Waals surface area contributed by atoms with E-state index in [1.807, 2.05) is 14.1 Å². The van der Waals surface area contributed by atoms with Crippen LogP contribution < -0.4 is 0 Å². The second-order valence-corrected chi connectivity index (χ2v) is 8.92. The average Bonchev–Trinajstić information content (AvgIpc) is 2.37. The highest BCUT2D eigenvalue weighted by molar-refractivity contribution is 7.85. The van der Waals surface area contributed by atoms with Crippen molar-refractivity contribution in [1.82, 2.24) is 0 Å². The molecule has 140 valence electrons. The van der Waals surface area contributed by atoms with Crippen LogP contribution in [0.15, 0.2) is 0 Å². The van der Waals surface area contributed by atoms with Gasteiger partial charge in [-0.2, -0.15) is 8.42 Å². The minimum atomic E-state index is -4.10. The zero-order valence-electron chi connectivity index (χ0n) is 15.3. The Morgan fingerprint density at radius 1 is 0.870 bits per heavy atom. The Bertz CT molecular complexity index is 382. The third-order valence-electron chi connectivity index (χ3n) is 4.22. The first-order valence-electron chi connectivity index (χ1n) is 9.11. The highest BCUT2D eigenvalue weighted by Crippen LogP contribution is 2.12. The summed E-state index contributed by atoms with van der Waals surface area (Å²) in [4.78, 5) is 0. The third kappa shape index (κ3) is 16.5. The lowest BCUT2D eigenvalue weighted by atomic mass is 10.1. The van der Waals surface area contributed by atoms with Crippen molar-refractivity contribution in [3.63, 3.8) is 0 Å². The van der Waals surface area contributed by atoms with Crippen LogP contribution in [0.3, 0.4) is 0 Å². The number of likely N-dealkylation sites (N-methyl/N-ethyl adjacent to an activating group) is 1. The number of nitrogens with zero attached hydrogens (tertiary/aromatic N) is 1. The molecule has 1 atom stereocenters. The van der Waals surface area contributed by atoms with E-state index >= 15 is 0 Å². The van der Waals surface area contributed by atoms with Crippen LogP contribution in [-0.4, -0.2) is 61.6 Å². The van der Waals surface area contributed by atoms with Crippen LogP contribution in [0.1, 0.15) is 71.1 Å². The summed E-state index contributed by atoms with van der Waals surface area (Å²) in [5.74, 6) is -0.577. The van der Waals surface area contributed by atoms with Gasteiger partial charge >= 0.3 is 0 Å². The molecule has 0 aliphatic carbocycles. The topological polar surface area (TPSA) is 74.6 Å². The Morgan fingerprint density at radius 3 is 1.74 bits per heavy atom. The molecule has 0 saturated carbocycles. The van der Waals surface area contributed by atoms with E-state index in [9.17, 15) is 13.5 Å². The predicted molar refractivity (Wildman–Crippen MR) is 96.1 cm³/mol. The fraction of sp³-hybridized carbons (Fsp3) is 1.00. The van der Waals surface area contributed by atoms with Gasteiger partial charge in [0, 0.05) is 0 Å². The number of aliphatic hydroxyl groups is 1. The van der Waals surface area contributed by atoms with Crippen LogP contribution in [0.5, 0.6) is 0 Å². The average molecular weight is 353 g/mol. The van der Waals surface area contributed by atoms with Crippen molar-refractivity contribution in [2.45, 2.75) is 77.2 Å². The van der Waals surface area contributed by atoms with Crippen molar-refractivity contribution in [2.75, 3.05) is 32.9 Å². The monoisotopic (exact) mass is 352 g/mol. The molecular formula is C17H38NO4S+. The first-order chi connectivity index (χ1) is 10.7. The number of hydrogen-bond donors (Lipinski definition) is 2. The molecule has 0 fully saturated rings. The Balaban J connectivity index is 3.62. The van der Waals surface area contributed by atoms with Gasteiger partial charge in [0.15, 0.2) is 0 Å². The zero-order chi connectivity index (χ0) is 17.8. The van der Waals surface area contributed by atoms with Crippen molar-refractivity contribution in [3.8, 4) is 0 Å². The summed E-state index contributed by atoms with van der Waals surface area (Å²) >= 11 is 0. The van der Waals surface area contributed by atoms with Crippen molar-refractivity contribution >= 4 is 10.1 Å². The van der Waals surface area contributed by atoms with Crippen molar-refractivity contribution in [3.05, 3.63) is 0 Å². The van der Waals surface area contributed by atoms with Gasteiger partial charge in [0.1, 0.15) is 18.4 Å². The molecule has 0 amide bonds. The van der Waals surface area contributed by atoms with E-state index in [-0.39, 0.29) is 0 Å². The van der Waals surface area contributed by atoms with Crippen LogP contribution in [0, 0.1) is 0 Å². The van der Waals surface area contributed by atoms with Gasteiger partial charge in [0.25, 0.3) is 10.1 Å². The summed E-state index contributed by atoms with van der Waals surface area (Å²) in [6.45, 7) is 3.50. The van der Waals surface area contributed by atoms with Crippen LogP contribution in [-0.2, 0) is 10.1 Å². The number of rotatable bonds is 15. The Morgan fingerprint density at radius 2 is 1.30 bits per heavy atom. The maximum absolute atomic E-state index is 10.8. The highest BCUT2D eigenvalue weighted by Gasteiger charge is 2.23. The first-order valence-corrected chi connectivity index (χ1v) is 10.7. The maximum Gasteiger partial charge on any atom is 0.267 e. The van der Waals surface area contributed by atoms with Gasteiger partial charge in [-0.25, -0.2) is 0 Å². The van der Waals surface area contributed by atoms with Gasteiger partial charge in [-0.15, -0.1) is 0 Å². The molecule has 0 aliphatic heterocycles. The van der Waals surface area contributed by atoms with Crippen molar-refractivity contribution in [2.24, 2.45) is 0 Å². The molecule has 0 aromatic carbocycles. The lowest BCUT2D eigenvalue weighted by Gasteiger charge is -2.31. The second kappa shape index (κ2) is 12.2. The van der Waals surface area contributed by atoms with Crippen molar-refractivity contribution < 1.29 is 22.6 Å². The smallest absolute Gasteiger partial charge is 0.267 e. The standard InChI is InChI=1S/C17H37NO4S/c1-4-5-6-7-8-9-10-11-12-13-14-18(2,3)15-17(19)16-23(20,21)22/h17,19H,4-16H2,1-3H3/p+1. The van der Waals surface area contributed by atoms with E-state index in [4.69, 9.17) is 4.55 Å². The van der Waals surface area contributed by atoms with E-state index in [2.05, 4.69) is 6.92 Å². The summed E-state index contributed by atoms with van der Waals surface area (Å²) < 4.78 is 30.9. The van der Waals surface area contributed by atoms with Crippen molar-refractivity contribution in [1.29, 1.82) is 0 Å². The lowest BCUT2D eigenvalue weighted by molar-refractivity contribution is -0.893. The van der Waals surface area contributed by atoms with E-state index in [1.165, 1.54) is 57.8 Å². The van der Waals surface area contributed by atoms with Crippen LogP contribution in [0.4, 0.5) is 0 Å². The minimum Gasteiger partial charge on any atom is -0.386 e. The fourth-order valence-corrected chi connectivity index (χ4v) is 3.58. The molecule has 0 aromatic rings. The molecule has 0 rings (SSSR count). The third-order valence-corrected chi connectivity index (χ3v) is 5.03. The van der Waals surface area contributed by atoms with Crippen LogP contribution >= 0.6 is 0 Å². The second-order valence-electron chi connectivity index (χ2n) is 7.43. The molecule has 0 bridgehead atoms. The Kier molecular flexibility index (Phi) is 12.1. The van der Waals surface area contributed by atoms with Gasteiger partial charge in [0.2, 0.25) is 0 Å². The van der Waals surface area contributed by atoms with Gasteiger partial charge in [0.05, 0.1) is 20.6 Å². The van der Waals surface area contributed by atoms with Gasteiger partial charge in [-0.3, -0.25) is 4.55 Å². The van der Waals surface area contributed by atoms with E-state index in [0.29, 0.717) is 11.0 Å². The predicted octanol–water partition coefficient (Wildman–Crippen LogP) is 3.23. The molecule has 0 aromatic heterocycles. The number of hydrogen-bond acceptors (Lipinski definition) is 3. The molecule has 0 radical (unpaired) electrons.